The molecule has 4 N–H and O–H groups in total. The van der Waals surface area contributed by atoms with Gasteiger partial charge < -0.3 is 21.3 Å². The number of carbonyl (C=O) groups excluding carboxylic acids is 1. The van der Waals surface area contributed by atoms with Crippen LogP contribution in [0.5, 0.6) is 0 Å². The van der Waals surface area contributed by atoms with Crippen molar-refractivity contribution in [2.45, 2.75) is 32.2 Å². The molecule has 1 fully saturated rings. The van der Waals surface area contributed by atoms with Crippen LogP contribution in [0, 0.1) is 0 Å². The fourth-order valence-corrected chi connectivity index (χ4v) is 2.80. The van der Waals surface area contributed by atoms with Gasteiger partial charge in [-0.1, -0.05) is 6.92 Å². The molecular formula is C16H26N4O. The van der Waals surface area contributed by atoms with Gasteiger partial charge in [0, 0.05) is 31.7 Å². The van der Waals surface area contributed by atoms with Crippen molar-refractivity contribution in [1.29, 1.82) is 0 Å². The van der Waals surface area contributed by atoms with Crippen LogP contribution in [-0.2, 0) is 0 Å². The van der Waals surface area contributed by atoms with Crippen molar-refractivity contribution in [2.75, 3.05) is 37.7 Å². The molecule has 1 aromatic carbocycles. The summed E-state index contributed by atoms with van der Waals surface area (Å²) in [5.74, 6) is -0.0872. The van der Waals surface area contributed by atoms with Crippen LogP contribution in [0.25, 0.3) is 0 Å². The number of piperidine rings is 1. The van der Waals surface area contributed by atoms with Crippen LogP contribution in [0.4, 0.5) is 11.4 Å². The Kier molecular flexibility index (Phi) is 5.44. The lowest BCUT2D eigenvalue weighted by atomic mass is 10.0. The summed E-state index contributed by atoms with van der Waals surface area (Å²) < 4.78 is 0. The number of nitrogens with two attached hydrogens (primary N) is 1. The Hall–Kier alpha value is -1.75. The smallest absolute Gasteiger partial charge is 0.251 e. The lowest BCUT2D eigenvalue weighted by Crippen LogP contribution is -2.39. The van der Waals surface area contributed by atoms with Gasteiger partial charge in [0.15, 0.2) is 0 Å². The normalized spacial score (nSPS) is 16.7. The number of amides is 1. The van der Waals surface area contributed by atoms with Crippen molar-refractivity contribution in [2.24, 2.45) is 0 Å². The maximum atomic E-state index is 11.7. The number of carbonyl (C=O) groups is 1. The minimum atomic E-state index is -0.0872. The quantitative estimate of drug-likeness (QED) is 0.725. The summed E-state index contributed by atoms with van der Waals surface area (Å²) in [4.78, 5) is 14.2. The van der Waals surface area contributed by atoms with E-state index >= 15 is 0 Å². The fourth-order valence-electron chi connectivity index (χ4n) is 2.80. The molecule has 5 heteroatoms. The van der Waals surface area contributed by atoms with Gasteiger partial charge in [0.1, 0.15) is 0 Å². The van der Waals surface area contributed by atoms with E-state index in [0.717, 1.165) is 31.6 Å². The first-order chi connectivity index (χ1) is 10.1. The number of hydrogen-bond acceptors (Lipinski definition) is 4. The van der Waals surface area contributed by atoms with Gasteiger partial charge in [0.05, 0.1) is 11.4 Å². The Balaban J connectivity index is 1.98. The summed E-state index contributed by atoms with van der Waals surface area (Å²) in [5, 5.41) is 6.14. The summed E-state index contributed by atoms with van der Waals surface area (Å²) >= 11 is 0. The van der Waals surface area contributed by atoms with Gasteiger partial charge in [-0.3, -0.25) is 4.79 Å². The van der Waals surface area contributed by atoms with E-state index in [2.05, 4.69) is 22.5 Å². The Morgan fingerprint density at radius 1 is 1.38 bits per heavy atom. The van der Waals surface area contributed by atoms with Gasteiger partial charge in [-0.2, -0.15) is 0 Å². The molecule has 0 unspecified atom stereocenters. The van der Waals surface area contributed by atoms with Gasteiger partial charge in [-0.15, -0.1) is 0 Å². The summed E-state index contributed by atoms with van der Waals surface area (Å²) in [7, 11) is 1.63. The van der Waals surface area contributed by atoms with Crippen LogP contribution < -0.4 is 16.4 Å². The van der Waals surface area contributed by atoms with E-state index < -0.39 is 0 Å². The van der Waals surface area contributed by atoms with Gasteiger partial charge in [0.25, 0.3) is 5.91 Å². The minimum absolute atomic E-state index is 0.0872. The Morgan fingerprint density at radius 3 is 2.71 bits per heavy atom. The van der Waals surface area contributed by atoms with E-state index in [1.807, 2.05) is 6.07 Å². The third-order valence-electron chi connectivity index (χ3n) is 4.03. The van der Waals surface area contributed by atoms with Crippen molar-refractivity contribution < 1.29 is 4.79 Å². The first-order valence-electron chi connectivity index (χ1n) is 7.74. The topological polar surface area (TPSA) is 70.4 Å². The molecule has 1 amide bonds. The SMILES string of the molecule is CCCN1CCC(Nc2cc(C(=O)NC)ccc2N)CC1. The average Bonchev–Trinajstić information content (AvgIpc) is 2.51. The number of nitrogen functional groups attached to an aromatic ring is 1. The third kappa shape index (κ3) is 4.11. The highest BCUT2D eigenvalue weighted by Crippen LogP contribution is 2.23. The molecule has 2 rings (SSSR count). The predicted octanol–water partition coefficient (Wildman–Crippen LogP) is 1.91. The Morgan fingerprint density at radius 2 is 2.10 bits per heavy atom. The molecule has 1 saturated heterocycles. The van der Waals surface area contributed by atoms with Crippen molar-refractivity contribution in [3.8, 4) is 0 Å². The Labute approximate surface area is 126 Å². The highest BCUT2D eigenvalue weighted by molar-refractivity contribution is 5.96. The van der Waals surface area contributed by atoms with Crippen molar-refractivity contribution in [1.82, 2.24) is 10.2 Å². The molecule has 116 valence electrons. The molecule has 21 heavy (non-hydrogen) atoms. The van der Waals surface area contributed by atoms with E-state index in [1.54, 1.807) is 19.2 Å². The van der Waals surface area contributed by atoms with Crippen molar-refractivity contribution in [3.05, 3.63) is 23.8 Å². The number of benzene rings is 1. The van der Waals surface area contributed by atoms with Crippen LogP contribution in [0.2, 0.25) is 0 Å². The van der Waals surface area contributed by atoms with Crippen LogP contribution in [-0.4, -0.2) is 43.5 Å². The molecule has 0 aromatic heterocycles. The summed E-state index contributed by atoms with van der Waals surface area (Å²) in [6.07, 6.45) is 3.44. The molecule has 0 spiro atoms. The highest BCUT2D eigenvalue weighted by atomic mass is 16.1. The summed E-state index contributed by atoms with van der Waals surface area (Å²) in [5.41, 5.74) is 8.21. The number of nitrogens with one attached hydrogen (secondary N) is 2. The second-order valence-corrected chi connectivity index (χ2v) is 5.64. The van der Waals surface area contributed by atoms with Gasteiger partial charge >= 0.3 is 0 Å². The first-order valence-corrected chi connectivity index (χ1v) is 7.74. The third-order valence-corrected chi connectivity index (χ3v) is 4.03. The number of nitrogens with zero attached hydrogens (tertiary/aromatic N) is 1. The fraction of sp³-hybridized carbons (Fsp3) is 0.562. The lowest BCUT2D eigenvalue weighted by Gasteiger charge is -2.32. The van der Waals surface area contributed by atoms with Gasteiger partial charge in [-0.05, 0) is 44.0 Å². The predicted molar refractivity (Wildman–Crippen MR) is 87.6 cm³/mol. The van der Waals surface area contributed by atoms with Crippen LogP contribution in [0.3, 0.4) is 0 Å². The zero-order valence-corrected chi connectivity index (χ0v) is 13.0. The van der Waals surface area contributed by atoms with E-state index in [-0.39, 0.29) is 5.91 Å². The second-order valence-electron chi connectivity index (χ2n) is 5.64. The molecule has 1 aromatic rings. The summed E-state index contributed by atoms with van der Waals surface area (Å²) in [6.45, 7) is 5.65. The standard InChI is InChI=1S/C16H26N4O/c1-3-8-20-9-6-13(7-10-20)19-15-11-12(16(21)18-2)4-5-14(15)17/h4-5,11,13,19H,3,6-10,17H2,1-2H3,(H,18,21). The van der Waals surface area contributed by atoms with Crippen LogP contribution in [0.15, 0.2) is 18.2 Å². The van der Waals surface area contributed by atoms with E-state index in [1.165, 1.54) is 13.0 Å². The highest BCUT2D eigenvalue weighted by Gasteiger charge is 2.19. The number of anilines is 2. The van der Waals surface area contributed by atoms with Crippen molar-refractivity contribution in [3.63, 3.8) is 0 Å². The van der Waals surface area contributed by atoms with Crippen molar-refractivity contribution >= 4 is 17.3 Å². The molecule has 1 heterocycles. The lowest BCUT2D eigenvalue weighted by molar-refractivity contribution is 0.0963. The van der Waals surface area contributed by atoms with Gasteiger partial charge in [0.2, 0.25) is 0 Å². The monoisotopic (exact) mass is 290 g/mol. The largest absolute Gasteiger partial charge is 0.397 e. The van der Waals surface area contributed by atoms with Gasteiger partial charge in [-0.25, -0.2) is 0 Å². The number of rotatable bonds is 5. The van der Waals surface area contributed by atoms with E-state index in [0.29, 0.717) is 17.3 Å². The zero-order chi connectivity index (χ0) is 15.2. The molecule has 0 radical (unpaired) electrons. The zero-order valence-electron chi connectivity index (χ0n) is 13.0. The summed E-state index contributed by atoms with van der Waals surface area (Å²) in [6, 6.07) is 5.81. The molecule has 0 saturated carbocycles. The maximum Gasteiger partial charge on any atom is 0.251 e. The van der Waals surface area contributed by atoms with Crippen LogP contribution in [0.1, 0.15) is 36.5 Å². The number of likely N-dealkylation sites (tertiary alicyclic amines) is 1. The maximum absolute atomic E-state index is 11.7. The molecule has 5 nitrogen and oxygen atoms in total. The van der Waals surface area contributed by atoms with Crippen LogP contribution >= 0.6 is 0 Å². The molecule has 1 aliphatic rings. The van der Waals surface area contributed by atoms with E-state index in [9.17, 15) is 4.79 Å². The number of hydrogen-bond donors (Lipinski definition) is 3. The molecule has 0 atom stereocenters. The molecular weight excluding hydrogens is 264 g/mol. The molecule has 0 aliphatic carbocycles. The second kappa shape index (κ2) is 7.31. The molecule has 1 aliphatic heterocycles. The Bertz CT molecular complexity index is 481. The average molecular weight is 290 g/mol. The van der Waals surface area contributed by atoms with E-state index in [4.69, 9.17) is 5.73 Å². The molecule has 0 bridgehead atoms. The minimum Gasteiger partial charge on any atom is -0.397 e. The first kappa shape index (κ1) is 15.6.